The molecule has 0 saturated carbocycles. The summed E-state index contributed by atoms with van der Waals surface area (Å²) in [6.45, 7) is 5.02. The normalized spacial score (nSPS) is 15.0. The van der Waals surface area contributed by atoms with Crippen molar-refractivity contribution in [1.82, 2.24) is 9.97 Å². The van der Waals surface area contributed by atoms with Crippen LogP contribution in [0.15, 0.2) is 60.9 Å². The lowest BCUT2D eigenvalue weighted by atomic mass is 10.1. The second kappa shape index (κ2) is 6.77. The zero-order valence-electron chi connectivity index (χ0n) is 14.9. The average molecular weight is 347 g/mol. The molecule has 0 atom stereocenters. The highest BCUT2D eigenvalue weighted by molar-refractivity contribution is 5.72. The van der Waals surface area contributed by atoms with Crippen LogP contribution < -0.4 is 10.1 Å². The molecule has 0 radical (unpaired) electrons. The molecule has 0 amide bonds. The van der Waals surface area contributed by atoms with Gasteiger partial charge in [-0.05, 0) is 24.3 Å². The number of anilines is 1. The number of hydrogen-bond acceptors (Lipinski definition) is 5. The van der Waals surface area contributed by atoms with E-state index >= 15 is 0 Å². The third kappa shape index (κ3) is 3.39. The molecular formula is C21H21N3O2. The van der Waals surface area contributed by atoms with E-state index in [4.69, 9.17) is 9.47 Å². The maximum Gasteiger partial charge on any atom is 0.205 e. The second-order valence-electron chi connectivity index (χ2n) is 6.66. The van der Waals surface area contributed by atoms with Gasteiger partial charge in [0.25, 0.3) is 0 Å². The molecular weight excluding hydrogens is 326 g/mol. The third-order valence-corrected chi connectivity index (χ3v) is 4.30. The molecule has 0 aliphatic carbocycles. The van der Waals surface area contributed by atoms with E-state index in [0.29, 0.717) is 13.2 Å². The van der Waals surface area contributed by atoms with E-state index in [-0.39, 0.29) is 0 Å². The van der Waals surface area contributed by atoms with Gasteiger partial charge >= 0.3 is 0 Å². The number of para-hydroxylation sites is 1. The molecule has 26 heavy (non-hydrogen) atoms. The van der Waals surface area contributed by atoms with Gasteiger partial charge in [0.05, 0.1) is 12.3 Å². The molecule has 0 spiro atoms. The summed E-state index contributed by atoms with van der Waals surface area (Å²) < 4.78 is 11.8. The van der Waals surface area contributed by atoms with Gasteiger partial charge in [-0.3, -0.25) is 4.98 Å². The number of ether oxygens (including phenoxy) is 2. The highest BCUT2D eigenvalue weighted by Gasteiger charge is 2.28. The molecule has 5 heteroatoms. The molecule has 3 aromatic rings. The van der Waals surface area contributed by atoms with Crippen LogP contribution in [0.1, 0.15) is 25.0 Å². The number of hydrogen-bond donors (Lipinski definition) is 1. The second-order valence-corrected chi connectivity index (χ2v) is 6.66. The van der Waals surface area contributed by atoms with Gasteiger partial charge in [0, 0.05) is 49.5 Å². The van der Waals surface area contributed by atoms with Crippen molar-refractivity contribution >= 4 is 5.82 Å². The molecule has 0 bridgehead atoms. The molecule has 0 unspecified atom stereocenters. The van der Waals surface area contributed by atoms with Crippen LogP contribution in [0.25, 0.3) is 11.3 Å². The number of nitrogens with zero attached hydrogens (tertiary/aromatic N) is 2. The Morgan fingerprint density at radius 3 is 2.73 bits per heavy atom. The molecule has 1 aliphatic rings. The summed E-state index contributed by atoms with van der Waals surface area (Å²) in [5.74, 6) is 1.08. The number of fused-ring (bicyclic) bond motifs is 1. The fourth-order valence-electron chi connectivity index (χ4n) is 3.00. The summed E-state index contributed by atoms with van der Waals surface area (Å²) in [5, 5.41) is 3.43. The van der Waals surface area contributed by atoms with Crippen LogP contribution in [-0.4, -0.2) is 15.8 Å². The first kappa shape index (κ1) is 16.5. The number of rotatable bonds is 4. The lowest BCUT2D eigenvalue weighted by molar-refractivity contribution is -0.180. The Kier molecular flexibility index (Phi) is 4.31. The molecule has 132 valence electrons. The first-order chi connectivity index (χ1) is 12.6. The Hall–Kier alpha value is -2.92. The molecule has 4 rings (SSSR count). The van der Waals surface area contributed by atoms with Crippen LogP contribution >= 0.6 is 0 Å². The van der Waals surface area contributed by atoms with E-state index < -0.39 is 5.79 Å². The number of benzene rings is 1. The van der Waals surface area contributed by atoms with E-state index in [9.17, 15) is 0 Å². The van der Waals surface area contributed by atoms with Crippen molar-refractivity contribution < 1.29 is 9.47 Å². The number of nitrogens with one attached hydrogen (secondary N) is 1. The SMILES string of the molecule is CC1(C)OCc2cccc(CNc3ncccc3-c3ccccn3)c2O1. The van der Waals surface area contributed by atoms with Gasteiger partial charge in [0.2, 0.25) is 5.79 Å². The third-order valence-electron chi connectivity index (χ3n) is 4.30. The van der Waals surface area contributed by atoms with Crippen molar-refractivity contribution in [2.45, 2.75) is 32.8 Å². The van der Waals surface area contributed by atoms with E-state index in [1.54, 1.807) is 12.4 Å². The van der Waals surface area contributed by atoms with Crippen LogP contribution in [0.4, 0.5) is 5.82 Å². The largest absolute Gasteiger partial charge is 0.462 e. The quantitative estimate of drug-likeness (QED) is 0.758. The fraction of sp³-hybridized carbons (Fsp3) is 0.238. The lowest BCUT2D eigenvalue weighted by Gasteiger charge is -2.33. The van der Waals surface area contributed by atoms with Gasteiger partial charge in [-0.2, -0.15) is 0 Å². The minimum absolute atomic E-state index is 0.555. The molecule has 2 aromatic heterocycles. The predicted octanol–water partition coefficient (Wildman–Crippen LogP) is 4.40. The Morgan fingerprint density at radius 2 is 1.88 bits per heavy atom. The Labute approximate surface area is 153 Å². The molecule has 3 heterocycles. The van der Waals surface area contributed by atoms with E-state index in [1.165, 1.54) is 0 Å². The van der Waals surface area contributed by atoms with E-state index in [1.807, 2.05) is 56.3 Å². The van der Waals surface area contributed by atoms with Gasteiger partial charge in [-0.1, -0.05) is 24.3 Å². The molecule has 0 saturated heterocycles. The van der Waals surface area contributed by atoms with Crippen molar-refractivity contribution in [2.75, 3.05) is 5.32 Å². The Balaban J connectivity index is 1.60. The predicted molar refractivity (Wildman–Crippen MR) is 101 cm³/mol. The van der Waals surface area contributed by atoms with Gasteiger partial charge in [0.1, 0.15) is 11.6 Å². The topological polar surface area (TPSA) is 56.3 Å². The number of aromatic nitrogens is 2. The van der Waals surface area contributed by atoms with E-state index in [0.717, 1.165) is 34.0 Å². The Morgan fingerprint density at radius 1 is 1.00 bits per heavy atom. The molecule has 1 N–H and O–H groups in total. The van der Waals surface area contributed by atoms with Crippen LogP contribution in [0.2, 0.25) is 0 Å². The summed E-state index contributed by atoms with van der Waals surface area (Å²) >= 11 is 0. The van der Waals surface area contributed by atoms with Crippen LogP contribution in [-0.2, 0) is 17.9 Å². The smallest absolute Gasteiger partial charge is 0.205 e. The average Bonchev–Trinajstić information content (AvgIpc) is 2.67. The van der Waals surface area contributed by atoms with Gasteiger partial charge in [0.15, 0.2) is 0 Å². The first-order valence-electron chi connectivity index (χ1n) is 8.66. The standard InChI is InChI=1S/C21H21N3O2/c1-21(2)25-14-16-8-5-7-15(19(16)26-21)13-24-20-17(9-6-12-23-20)18-10-3-4-11-22-18/h3-12H,13-14H2,1-2H3,(H,23,24). The summed E-state index contributed by atoms with van der Waals surface area (Å²) in [7, 11) is 0. The fourth-order valence-corrected chi connectivity index (χ4v) is 3.00. The molecule has 0 fully saturated rings. The minimum atomic E-state index is -0.618. The summed E-state index contributed by atoms with van der Waals surface area (Å²) in [4.78, 5) is 8.93. The lowest BCUT2D eigenvalue weighted by Crippen LogP contribution is -2.35. The van der Waals surface area contributed by atoms with Gasteiger partial charge in [-0.25, -0.2) is 4.98 Å². The zero-order valence-corrected chi connectivity index (χ0v) is 14.9. The highest BCUT2D eigenvalue weighted by atomic mass is 16.7. The van der Waals surface area contributed by atoms with Crippen molar-refractivity contribution in [3.05, 3.63) is 72.1 Å². The summed E-state index contributed by atoms with van der Waals surface area (Å²) in [6, 6.07) is 15.9. The summed E-state index contributed by atoms with van der Waals surface area (Å²) in [5.41, 5.74) is 4.01. The minimum Gasteiger partial charge on any atom is -0.462 e. The zero-order chi connectivity index (χ0) is 18.0. The first-order valence-corrected chi connectivity index (χ1v) is 8.66. The number of pyridine rings is 2. The van der Waals surface area contributed by atoms with Crippen molar-refractivity contribution in [3.63, 3.8) is 0 Å². The molecule has 1 aliphatic heterocycles. The maximum atomic E-state index is 6.06. The Bertz CT molecular complexity index is 910. The van der Waals surface area contributed by atoms with Crippen molar-refractivity contribution in [3.8, 4) is 17.0 Å². The van der Waals surface area contributed by atoms with Crippen molar-refractivity contribution in [1.29, 1.82) is 0 Å². The van der Waals surface area contributed by atoms with Crippen molar-refractivity contribution in [2.24, 2.45) is 0 Å². The highest BCUT2D eigenvalue weighted by Crippen LogP contribution is 2.35. The monoisotopic (exact) mass is 347 g/mol. The van der Waals surface area contributed by atoms with Gasteiger partial charge < -0.3 is 14.8 Å². The van der Waals surface area contributed by atoms with Crippen LogP contribution in [0.5, 0.6) is 5.75 Å². The van der Waals surface area contributed by atoms with Gasteiger partial charge in [-0.15, -0.1) is 0 Å². The van der Waals surface area contributed by atoms with Crippen LogP contribution in [0, 0.1) is 0 Å². The van der Waals surface area contributed by atoms with Crippen LogP contribution in [0.3, 0.4) is 0 Å². The maximum absolute atomic E-state index is 6.06. The summed E-state index contributed by atoms with van der Waals surface area (Å²) in [6.07, 6.45) is 3.57. The molecule has 5 nitrogen and oxygen atoms in total. The van der Waals surface area contributed by atoms with E-state index in [2.05, 4.69) is 21.4 Å². The molecule has 1 aromatic carbocycles.